The maximum absolute atomic E-state index is 11.8. The number of aromatic carboxylic acids is 1. The molecule has 6 nitrogen and oxygen atoms in total. The van der Waals surface area contributed by atoms with Gasteiger partial charge in [-0.25, -0.2) is 9.59 Å². The topological polar surface area (TPSA) is 98.7 Å². The molecule has 0 radical (unpaired) electrons. The van der Waals surface area contributed by atoms with E-state index in [4.69, 9.17) is 5.11 Å². The number of carbonyl (C=O) groups is 2. The second kappa shape index (κ2) is 6.97. The number of aromatic hydroxyl groups is 1. The Labute approximate surface area is 123 Å². The summed E-state index contributed by atoms with van der Waals surface area (Å²) in [7, 11) is 0. The normalized spacial score (nSPS) is 15.4. The lowest BCUT2D eigenvalue weighted by Gasteiger charge is -2.21. The van der Waals surface area contributed by atoms with Gasteiger partial charge in [0.15, 0.2) is 0 Å². The van der Waals surface area contributed by atoms with Crippen LogP contribution in [0.2, 0.25) is 0 Å². The van der Waals surface area contributed by atoms with Gasteiger partial charge >= 0.3 is 12.0 Å². The molecule has 1 aliphatic rings. The van der Waals surface area contributed by atoms with Crippen molar-refractivity contribution in [3.8, 4) is 5.75 Å². The predicted octanol–water partition coefficient (Wildman–Crippen LogP) is 2.79. The summed E-state index contributed by atoms with van der Waals surface area (Å²) in [6, 6.07) is 3.59. The molecule has 21 heavy (non-hydrogen) atoms. The van der Waals surface area contributed by atoms with Crippen molar-refractivity contribution >= 4 is 17.7 Å². The number of carboxylic acid groups (broad SMARTS) is 1. The summed E-state index contributed by atoms with van der Waals surface area (Å²) in [5.41, 5.74) is 0.103. The lowest BCUT2D eigenvalue weighted by atomic mass is 9.89. The fourth-order valence-electron chi connectivity index (χ4n) is 2.59. The number of carbonyl (C=O) groups excluding carboxylic acids is 1. The molecule has 114 valence electrons. The van der Waals surface area contributed by atoms with Crippen LogP contribution in [0.4, 0.5) is 10.5 Å². The summed E-state index contributed by atoms with van der Waals surface area (Å²) in [5, 5.41) is 23.7. The Bertz CT molecular complexity index is 524. The molecule has 0 bridgehead atoms. The Morgan fingerprint density at radius 3 is 2.57 bits per heavy atom. The van der Waals surface area contributed by atoms with E-state index >= 15 is 0 Å². The maximum atomic E-state index is 11.8. The van der Waals surface area contributed by atoms with Gasteiger partial charge < -0.3 is 20.8 Å². The number of hydrogen-bond donors (Lipinski definition) is 4. The molecule has 2 amide bonds. The molecule has 1 saturated carbocycles. The van der Waals surface area contributed by atoms with Gasteiger partial charge in [0.25, 0.3) is 0 Å². The summed E-state index contributed by atoms with van der Waals surface area (Å²) in [6.07, 6.45) is 5.99. The minimum absolute atomic E-state index is 0.236. The molecule has 0 aromatic heterocycles. The van der Waals surface area contributed by atoms with Crippen LogP contribution in [-0.4, -0.2) is 28.8 Å². The van der Waals surface area contributed by atoms with Crippen LogP contribution in [0.15, 0.2) is 18.2 Å². The predicted molar refractivity (Wildman–Crippen MR) is 78.7 cm³/mol. The molecule has 6 heteroatoms. The van der Waals surface area contributed by atoms with Crippen LogP contribution in [0.3, 0.4) is 0 Å². The van der Waals surface area contributed by atoms with E-state index in [9.17, 15) is 14.7 Å². The second-order valence-electron chi connectivity index (χ2n) is 5.38. The number of carboxylic acids is 1. The van der Waals surface area contributed by atoms with E-state index in [1.165, 1.54) is 37.5 Å². The average molecular weight is 292 g/mol. The SMILES string of the molecule is O=C(NCC1CCCCC1)Nc1ccc(O)c(C(=O)O)c1. The van der Waals surface area contributed by atoms with Crippen molar-refractivity contribution in [2.45, 2.75) is 32.1 Å². The molecule has 0 spiro atoms. The highest BCUT2D eigenvalue weighted by molar-refractivity contribution is 5.95. The standard InChI is InChI=1S/C15H20N2O4/c18-13-7-6-11(8-12(13)14(19)20)17-15(21)16-9-10-4-2-1-3-5-10/h6-8,10,18H,1-5,9H2,(H,19,20)(H2,16,17,21). The number of nitrogens with one attached hydrogen (secondary N) is 2. The van der Waals surface area contributed by atoms with E-state index in [2.05, 4.69) is 10.6 Å². The van der Waals surface area contributed by atoms with Crippen molar-refractivity contribution in [1.82, 2.24) is 5.32 Å². The molecule has 0 heterocycles. The highest BCUT2D eigenvalue weighted by atomic mass is 16.4. The number of phenols is 1. The van der Waals surface area contributed by atoms with Gasteiger partial charge in [0.2, 0.25) is 0 Å². The third kappa shape index (κ3) is 4.37. The van der Waals surface area contributed by atoms with E-state index in [0.717, 1.165) is 12.8 Å². The second-order valence-corrected chi connectivity index (χ2v) is 5.38. The number of urea groups is 1. The number of hydrogen-bond acceptors (Lipinski definition) is 3. The van der Waals surface area contributed by atoms with Crippen molar-refractivity contribution in [1.29, 1.82) is 0 Å². The molecule has 1 aromatic carbocycles. The van der Waals surface area contributed by atoms with E-state index in [1.54, 1.807) is 0 Å². The fraction of sp³-hybridized carbons (Fsp3) is 0.467. The average Bonchev–Trinajstić information content (AvgIpc) is 2.48. The van der Waals surface area contributed by atoms with E-state index in [1.807, 2.05) is 0 Å². The minimum atomic E-state index is -1.24. The van der Waals surface area contributed by atoms with Crippen molar-refractivity contribution in [2.24, 2.45) is 5.92 Å². The van der Waals surface area contributed by atoms with Crippen LogP contribution in [-0.2, 0) is 0 Å². The van der Waals surface area contributed by atoms with Crippen LogP contribution in [0, 0.1) is 5.92 Å². The smallest absolute Gasteiger partial charge is 0.339 e. The van der Waals surface area contributed by atoms with Gasteiger partial charge in [-0.15, -0.1) is 0 Å². The number of anilines is 1. The van der Waals surface area contributed by atoms with Crippen LogP contribution in [0.1, 0.15) is 42.5 Å². The first-order valence-corrected chi connectivity index (χ1v) is 7.17. The van der Waals surface area contributed by atoms with Gasteiger partial charge in [-0.2, -0.15) is 0 Å². The summed E-state index contributed by atoms with van der Waals surface area (Å²) in [6.45, 7) is 0.635. The quantitative estimate of drug-likeness (QED) is 0.641. The van der Waals surface area contributed by atoms with Gasteiger partial charge in [0, 0.05) is 12.2 Å². The Balaban J connectivity index is 1.87. The summed E-state index contributed by atoms with van der Waals surface area (Å²) in [4.78, 5) is 22.7. The molecule has 1 aliphatic carbocycles. The van der Waals surface area contributed by atoms with Gasteiger partial charge in [0.05, 0.1) is 0 Å². The van der Waals surface area contributed by atoms with Crippen LogP contribution < -0.4 is 10.6 Å². The molecule has 0 unspecified atom stereocenters. The molecular formula is C15H20N2O4. The summed E-state index contributed by atoms with van der Waals surface area (Å²) < 4.78 is 0. The lowest BCUT2D eigenvalue weighted by molar-refractivity contribution is 0.0693. The van der Waals surface area contributed by atoms with Crippen LogP contribution in [0.25, 0.3) is 0 Å². The zero-order valence-corrected chi connectivity index (χ0v) is 11.8. The Morgan fingerprint density at radius 2 is 1.90 bits per heavy atom. The lowest BCUT2D eigenvalue weighted by Crippen LogP contribution is -2.33. The van der Waals surface area contributed by atoms with Crippen LogP contribution >= 0.6 is 0 Å². The highest BCUT2D eigenvalue weighted by Crippen LogP contribution is 2.23. The third-order valence-electron chi connectivity index (χ3n) is 3.76. The molecule has 4 N–H and O–H groups in total. The molecule has 0 saturated heterocycles. The van der Waals surface area contributed by atoms with E-state index in [-0.39, 0.29) is 17.3 Å². The summed E-state index contributed by atoms with van der Waals surface area (Å²) in [5.74, 6) is -1.03. The minimum Gasteiger partial charge on any atom is -0.507 e. The van der Waals surface area contributed by atoms with Gasteiger partial charge in [-0.1, -0.05) is 19.3 Å². The number of rotatable bonds is 4. The summed E-state index contributed by atoms with van der Waals surface area (Å²) >= 11 is 0. The van der Waals surface area contributed by atoms with Crippen LogP contribution in [0.5, 0.6) is 5.75 Å². The van der Waals surface area contributed by atoms with Gasteiger partial charge in [-0.3, -0.25) is 0 Å². The van der Waals surface area contributed by atoms with E-state index < -0.39 is 5.97 Å². The van der Waals surface area contributed by atoms with Crippen molar-refractivity contribution in [3.05, 3.63) is 23.8 Å². The highest BCUT2D eigenvalue weighted by Gasteiger charge is 2.15. The first-order chi connectivity index (χ1) is 10.1. The molecule has 0 aliphatic heterocycles. The zero-order valence-electron chi connectivity index (χ0n) is 11.8. The maximum Gasteiger partial charge on any atom is 0.339 e. The fourth-order valence-corrected chi connectivity index (χ4v) is 2.59. The van der Waals surface area contributed by atoms with E-state index in [0.29, 0.717) is 18.2 Å². The molecule has 0 atom stereocenters. The molecule has 1 aromatic rings. The number of benzene rings is 1. The third-order valence-corrected chi connectivity index (χ3v) is 3.76. The Morgan fingerprint density at radius 1 is 1.19 bits per heavy atom. The first-order valence-electron chi connectivity index (χ1n) is 7.17. The molecule has 2 rings (SSSR count). The first kappa shape index (κ1) is 15.2. The van der Waals surface area contributed by atoms with Crippen molar-refractivity contribution < 1.29 is 19.8 Å². The Hall–Kier alpha value is -2.24. The monoisotopic (exact) mass is 292 g/mol. The van der Waals surface area contributed by atoms with Gasteiger partial charge in [0.1, 0.15) is 11.3 Å². The van der Waals surface area contributed by atoms with Crippen molar-refractivity contribution in [3.63, 3.8) is 0 Å². The zero-order chi connectivity index (χ0) is 15.2. The molecule has 1 fully saturated rings. The largest absolute Gasteiger partial charge is 0.507 e. The van der Waals surface area contributed by atoms with Gasteiger partial charge in [-0.05, 0) is 37.0 Å². The molecular weight excluding hydrogens is 272 g/mol. The number of amides is 2. The van der Waals surface area contributed by atoms with Crippen molar-refractivity contribution in [2.75, 3.05) is 11.9 Å². The Kier molecular flexibility index (Phi) is 5.03.